The number of likely N-dealkylation sites (N-methyl/N-ethyl adjacent to an activating group) is 1. The Morgan fingerprint density at radius 3 is 2.14 bits per heavy atom. The first kappa shape index (κ1) is 16.5. The predicted octanol–water partition coefficient (Wildman–Crippen LogP) is 2.79. The first-order valence-corrected chi connectivity index (χ1v) is 7.73. The molecule has 0 aliphatic rings. The molecule has 0 heterocycles. The van der Waals surface area contributed by atoms with Crippen LogP contribution in [0.25, 0.3) is 0 Å². The van der Waals surface area contributed by atoms with Gasteiger partial charge in [-0.1, -0.05) is 54.1 Å². The van der Waals surface area contributed by atoms with Gasteiger partial charge in [0.15, 0.2) is 6.04 Å². The fourth-order valence-electron chi connectivity index (χ4n) is 2.44. The molecule has 0 unspecified atom stereocenters. The van der Waals surface area contributed by atoms with E-state index in [4.69, 9.17) is 11.6 Å². The van der Waals surface area contributed by atoms with Crippen molar-refractivity contribution in [2.45, 2.75) is 19.0 Å². The van der Waals surface area contributed by atoms with E-state index in [0.29, 0.717) is 0 Å². The lowest BCUT2D eigenvalue weighted by molar-refractivity contribution is -0.719. The molecule has 3 nitrogen and oxygen atoms in total. The van der Waals surface area contributed by atoms with Crippen LogP contribution in [0, 0.1) is 0 Å². The molecule has 0 aromatic heterocycles. The molecule has 22 heavy (non-hydrogen) atoms. The van der Waals surface area contributed by atoms with Crippen molar-refractivity contribution >= 4 is 17.5 Å². The van der Waals surface area contributed by atoms with Crippen LogP contribution in [0.1, 0.15) is 30.1 Å². The van der Waals surface area contributed by atoms with E-state index in [1.54, 1.807) is 19.0 Å². The molecule has 0 saturated heterocycles. The van der Waals surface area contributed by atoms with Crippen molar-refractivity contribution in [3.63, 3.8) is 0 Å². The Kier molecular flexibility index (Phi) is 5.58. The van der Waals surface area contributed by atoms with Crippen LogP contribution < -0.4 is 5.32 Å². The Bertz CT molecular complexity index is 611. The first-order chi connectivity index (χ1) is 10.5. The molecule has 0 radical (unpaired) electrons. The van der Waals surface area contributed by atoms with Crippen molar-refractivity contribution in [2.24, 2.45) is 0 Å². The Balaban J connectivity index is 2.23. The highest BCUT2D eigenvalue weighted by Gasteiger charge is 2.28. The van der Waals surface area contributed by atoms with Crippen molar-refractivity contribution in [1.29, 1.82) is 0 Å². The topological polar surface area (TPSA) is 36.9 Å². The Labute approximate surface area is 136 Å². The number of amides is 1. The van der Waals surface area contributed by atoms with Crippen molar-refractivity contribution in [3.05, 3.63) is 70.7 Å². The average molecular weight is 318 g/mol. The highest BCUT2D eigenvalue weighted by atomic mass is 35.5. The maximum Gasteiger partial charge on any atom is 0.285 e. The summed E-state index contributed by atoms with van der Waals surface area (Å²) in [6.45, 7) is 2.10. The highest BCUT2D eigenvalue weighted by molar-refractivity contribution is 6.30. The predicted molar refractivity (Wildman–Crippen MR) is 89.7 cm³/mol. The fourth-order valence-corrected chi connectivity index (χ4v) is 2.57. The molecule has 0 aliphatic heterocycles. The molecular formula is C18H22ClN2O+. The molecule has 0 spiro atoms. The van der Waals surface area contributed by atoms with E-state index in [0.717, 1.165) is 16.1 Å². The molecule has 2 atom stereocenters. The number of rotatable bonds is 5. The van der Waals surface area contributed by atoms with Gasteiger partial charge in [0.05, 0.1) is 0 Å². The molecule has 2 N–H and O–H groups in total. The normalized spacial score (nSPS) is 13.5. The van der Waals surface area contributed by atoms with Gasteiger partial charge in [-0.2, -0.15) is 0 Å². The third kappa shape index (κ3) is 4.09. The van der Waals surface area contributed by atoms with Gasteiger partial charge in [0.1, 0.15) is 6.04 Å². The van der Waals surface area contributed by atoms with Crippen molar-refractivity contribution < 1.29 is 10.1 Å². The number of carbonyl (C=O) groups excluding carboxylic acids is 1. The monoisotopic (exact) mass is 317 g/mol. The molecular weight excluding hydrogens is 296 g/mol. The van der Waals surface area contributed by atoms with Crippen LogP contribution >= 0.6 is 11.6 Å². The molecule has 2 aromatic rings. The third-order valence-corrected chi connectivity index (χ3v) is 3.99. The molecule has 0 bridgehead atoms. The van der Waals surface area contributed by atoms with Gasteiger partial charge < -0.3 is 10.2 Å². The van der Waals surface area contributed by atoms with E-state index < -0.39 is 0 Å². The summed E-state index contributed by atoms with van der Waals surface area (Å²) in [6, 6.07) is 17.6. The third-order valence-electron chi connectivity index (χ3n) is 3.74. The summed E-state index contributed by atoms with van der Waals surface area (Å²) in [5.74, 6) is 0.0898. The standard InChI is InChI=1S/C18H21ClN2O/c1-13(14-9-11-16(19)12-10-14)20-17(18(22)21(2)3)15-7-5-4-6-8-15/h4-13,17,20H,1-3H3/p+1/t13-,17-/m1/s1. The average Bonchev–Trinajstić information content (AvgIpc) is 2.53. The van der Waals surface area contributed by atoms with E-state index in [-0.39, 0.29) is 18.0 Å². The van der Waals surface area contributed by atoms with Gasteiger partial charge >= 0.3 is 0 Å². The SMILES string of the molecule is C[C@@H]([NH2+][C@@H](C(=O)N(C)C)c1ccccc1)c1ccc(Cl)cc1. The molecule has 0 aliphatic carbocycles. The number of halogens is 1. The number of carbonyl (C=O) groups is 1. The van der Waals surface area contributed by atoms with Gasteiger partial charge in [-0.05, 0) is 19.1 Å². The minimum absolute atomic E-state index is 0.0898. The quantitative estimate of drug-likeness (QED) is 0.904. The van der Waals surface area contributed by atoms with Gasteiger partial charge in [0.2, 0.25) is 0 Å². The van der Waals surface area contributed by atoms with Gasteiger partial charge in [-0.3, -0.25) is 4.79 Å². The molecule has 2 rings (SSSR count). The Morgan fingerprint density at radius 2 is 1.59 bits per heavy atom. The fraction of sp³-hybridized carbons (Fsp3) is 0.278. The number of hydrogen-bond acceptors (Lipinski definition) is 1. The second-order valence-corrected chi connectivity index (χ2v) is 6.09. The minimum Gasteiger partial charge on any atom is -0.343 e. The Morgan fingerprint density at radius 1 is 1.00 bits per heavy atom. The number of quaternary nitrogens is 1. The van der Waals surface area contributed by atoms with Crippen LogP contribution in [-0.4, -0.2) is 24.9 Å². The second-order valence-electron chi connectivity index (χ2n) is 5.65. The van der Waals surface area contributed by atoms with E-state index in [1.807, 2.05) is 54.6 Å². The maximum absolute atomic E-state index is 12.5. The summed E-state index contributed by atoms with van der Waals surface area (Å²) in [6.07, 6.45) is 0. The van der Waals surface area contributed by atoms with Crippen molar-refractivity contribution in [3.8, 4) is 0 Å². The lowest BCUT2D eigenvalue weighted by Gasteiger charge is -2.22. The summed E-state index contributed by atoms with van der Waals surface area (Å²) in [5, 5.41) is 2.82. The zero-order chi connectivity index (χ0) is 16.1. The molecule has 0 saturated carbocycles. The van der Waals surface area contributed by atoms with E-state index in [9.17, 15) is 4.79 Å². The lowest BCUT2D eigenvalue weighted by atomic mass is 10.0. The number of nitrogens with zero attached hydrogens (tertiary/aromatic N) is 1. The highest BCUT2D eigenvalue weighted by Crippen LogP contribution is 2.16. The second kappa shape index (κ2) is 7.43. The van der Waals surface area contributed by atoms with Gasteiger partial charge in [0, 0.05) is 30.2 Å². The Hall–Kier alpha value is -1.84. The first-order valence-electron chi connectivity index (χ1n) is 7.35. The number of benzene rings is 2. The largest absolute Gasteiger partial charge is 0.343 e. The smallest absolute Gasteiger partial charge is 0.285 e. The lowest BCUT2D eigenvalue weighted by Crippen LogP contribution is -2.87. The number of nitrogens with two attached hydrogens (primary N) is 1. The van der Waals surface area contributed by atoms with Crippen LogP contribution in [-0.2, 0) is 4.79 Å². The van der Waals surface area contributed by atoms with Gasteiger partial charge in [0.25, 0.3) is 5.91 Å². The summed E-state index contributed by atoms with van der Waals surface area (Å²) in [5.41, 5.74) is 2.17. The van der Waals surface area contributed by atoms with Crippen LogP contribution in [0.4, 0.5) is 0 Å². The van der Waals surface area contributed by atoms with Crippen LogP contribution in [0.2, 0.25) is 5.02 Å². The molecule has 2 aromatic carbocycles. The van der Waals surface area contributed by atoms with Crippen molar-refractivity contribution in [2.75, 3.05) is 14.1 Å². The maximum atomic E-state index is 12.5. The van der Waals surface area contributed by atoms with Crippen LogP contribution in [0.3, 0.4) is 0 Å². The van der Waals surface area contributed by atoms with E-state index in [1.165, 1.54) is 0 Å². The summed E-state index contributed by atoms with van der Waals surface area (Å²) in [4.78, 5) is 14.2. The van der Waals surface area contributed by atoms with Crippen LogP contribution in [0.15, 0.2) is 54.6 Å². The molecule has 4 heteroatoms. The van der Waals surface area contributed by atoms with Crippen molar-refractivity contribution in [1.82, 2.24) is 4.90 Å². The summed E-state index contributed by atoms with van der Waals surface area (Å²) in [7, 11) is 3.58. The minimum atomic E-state index is -0.248. The van der Waals surface area contributed by atoms with Gasteiger partial charge in [-0.15, -0.1) is 0 Å². The van der Waals surface area contributed by atoms with E-state index in [2.05, 4.69) is 12.2 Å². The molecule has 1 amide bonds. The van der Waals surface area contributed by atoms with Gasteiger partial charge in [-0.25, -0.2) is 0 Å². The van der Waals surface area contributed by atoms with E-state index >= 15 is 0 Å². The zero-order valence-corrected chi connectivity index (χ0v) is 13.9. The van der Waals surface area contributed by atoms with Crippen LogP contribution in [0.5, 0.6) is 0 Å². The molecule has 116 valence electrons. The summed E-state index contributed by atoms with van der Waals surface area (Å²) < 4.78 is 0. The number of hydrogen-bond donors (Lipinski definition) is 1. The zero-order valence-electron chi connectivity index (χ0n) is 13.2. The molecule has 0 fully saturated rings. The summed E-state index contributed by atoms with van der Waals surface area (Å²) >= 11 is 5.94.